The summed E-state index contributed by atoms with van der Waals surface area (Å²) >= 11 is 0. The molecule has 1 saturated heterocycles. The topological polar surface area (TPSA) is 58.6 Å². The molecule has 20 heavy (non-hydrogen) atoms. The molecule has 2 atom stereocenters. The van der Waals surface area contributed by atoms with Crippen LogP contribution in [-0.4, -0.2) is 48.6 Å². The zero-order valence-corrected chi connectivity index (χ0v) is 13.4. The fraction of sp³-hybridized carbons (Fsp3) is 0.867. The third kappa shape index (κ3) is 4.20. The zero-order valence-electron chi connectivity index (χ0n) is 13.4. The number of nitrogens with one attached hydrogen (secondary N) is 1. The van der Waals surface area contributed by atoms with Gasteiger partial charge in [-0.3, -0.25) is 9.59 Å². The predicted molar refractivity (Wildman–Crippen MR) is 78.3 cm³/mol. The maximum atomic E-state index is 12.5. The molecule has 2 amide bonds. The minimum absolute atomic E-state index is 0.0105. The Morgan fingerprint density at radius 2 is 1.90 bits per heavy atom. The van der Waals surface area contributed by atoms with Crippen LogP contribution in [-0.2, 0) is 14.3 Å². The summed E-state index contributed by atoms with van der Waals surface area (Å²) in [5.74, 6) is -0.0956. The Morgan fingerprint density at radius 3 is 2.45 bits per heavy atom. The summed E-state index contributed by atoms with van der Waals surface area (Å²) < 4.78 is 5.50. The van der Waals surface area contributed by atoms with Crippen LogP contribution in [0.3, 0.4) is 0 Å². The third-order valence-corrected chi connectivity index (χ3v) is 3.65. The van der Waals surface area contributed by atoms with Crippen molar-refractivity contribution >= 4 is 11.8 Å². The van der Waals surface area contributed by atoms with E-state index in [9.17, 15) is 9.59 Å². The number of amides is 2. The van der Waals surface area contributed by atoms with Crippen molar-refractivity contribution in [2.45, 2.75) is 59.5 Å². The van der Waals surface area contributed by atoms with Crippen LogP contribution in [0.4, 0.5) is 0 Å². The number of rotatable bonds is 6. The molecule has 5 nitrogen and oxygen atoms in total. The van der Waals surface area contributed by atoms with E-state index in [0.717, 1.165) is 12.8 Å². The van der Waals surface area contributed by atoms with Gasteiger partial charge in [0.25, 0.3) is 0 Å². The molecule has 1 aliphatic heterocycles. The maximum absolute atomic E-state index is 12.5. The average molecular weight is 284 g/mol. The summed E-state index contributed by atoms with van der Waals surface area (Å²) in [7, 11) is 0. The molecular formula is C15H28N2O3. The van der Waals surface area contributed by atoms with Crippen LogP contribution >= 0.6 is 0 Å². The monoisotopic (exact) mass is 284 g/mol. The van der Waals surface area contributed by atoms with Crippen molar-refractivity contribution in [3.8, 4) is 0 Å². The molecule has 0 aromatic carbocycles. The van der Waals surface area contributed by atoms with Gasteiger partial charge in [0.05, 0.1) is 6.61 Å². The number of carbonyl (C=O) groups is 2. The molecule has 0 bridgehead atoms. The van der Waals surface area contributed by atoms with Crippen LogP contribution in [0.2, 0.25) is 0 Å². The summed E-state index contributed by atoms with van der Waals surface area (Å²) in [5, 5.41) is 2.83. The third-order valence-electron chi connectivity index (χ3n) is 3.65. The Balaban J connectivity index is 2.62. The van der Waals surface area contributed by atoms with Gasteiger partial charge < -0.3 is 15.0 Å². The van der Waals surface area contributed by atoms with E-state index in [1.807, 2.05) is 20.8 Å². The lowest BCUT2D eigenvalue weighted by molar-refractivity contribution is -0.152. The summed E-state index contributed by atoms with van der Waals surface area (Å²) in [5.41, 5.74) is -0.284. The number of nitrogens with zero attached hydrogens (tertiary/aromatic N) is 1. The molecule has 0 radical (unpaired) electrons. The number of piperazine rings is 1. The number of ether oxygens (including phenoxy) is 1. The molecule has 116 valence electrons. The summed E-state index contributed by atoms with van der Waals surface area (Å²) in [4.78, 5) is 26.1. The van der Waals surface area contributed by atoms with Gasteiger partial charge in [-0.25, -0.2) is 0 Å². The van der Waals surface area contributed by atoms with Gasteiger partial charge in [0.2, 0.25) is 11.8 Å². The SMILES string of the molecule is CCCCOCCN1C(=O)C(C(C)(C)C)NC(=O)C1C. The molecule has 0 aromatic heterocycles. The van der Waals surface area contributed by atoms with Crippen LogP contribution in [0.15, 0.2) is 0 Å². The average Bonchev–Trinajstić information content (AvgIpc) is 2.35. The van der Waals surface area contributed by atoms with Crippen molar-refractivity contribution in [3.63, 3.8) is 0 Å². The number of hydrogen-bond acceptors (Lipinski definition) is 3. The molecule has 1 aliphatic rings. The van der Waals surface area contributed by atoms with Gasteiger partial charge in [0.15, 0.2) is 0 Å². The second-order valence-electron chi connectivity index (χ2n) is 6.48. The van der Waals surface area contributed by atoms with Crippen LogP contribution in [0.25, 0.3) is 0 Å². The van der Waals surface area contributed by atoms with Crippen LogP contribution in [0.1, 0.15) is 47.5 Å². The second kappa shape index (κ2) is 7.07. The number of hydrogen-bond donors (Lipinski definition) is 1. The fourth-order valence-corrected chi connectivity index (χ4v) is 2.22. The number of unbranched alkanes of at least 4 members (excludes halogenated alkanes) is 1. The molecule has 1 N–H and O–H groups in total. The maximum Gasteiger partial charge on any atom is 0.246 e. The summed E-state index contributed by atoms with van der Waals surface area (Å²) in [6.45, 7) is 11.4. The van der Waals surface area contributed by atoms with Crippen molar-refractivity contribution in [3.05, 3.63) is 0 Å². The largest absolute Gasteiger partial charge is 0.380 e. The van der Waals surface area contributed by atoms with E-state index in [4.69, 9.17) is 4.74 Å². The Kier molecular flexibility index (Phi) is 5.99. The van der Waals surface area contributed by atoms with Gasteiger partial charge in [0, 0.05) is 13.2 Å². The van der Waals surface area contributed by atoms with Gasteiger partial charge in [0.1, 0.15) is 12.1 Å². The van der Waals surface area contributed by atoms with Crippen molar-refractivity contribution < 1.29 is 14.3 Å². The Hall–Kier alpha value is -1.10. The van der Waals surface area contributed by atoms with E-state index >= 15 is 0 Å². The quantitative estimate of drug-likeness (QED) is 0.753. The molecule has 0 spiro atoms. The van der Waals surface area contributed by atoms with Crippen LogP contribution < -0.4 is 5.32 Å². The second-order valence-corrected chi connectivity index (χ2v) is 6.48. The van der Waals surface area contributed by atoms with Crippen LogP contribution in [0.5, 0.6) is 0 Å². The van der Waals surface area contributed by atoms with E-state index in [0.29, 0.717) is 19.8 Å². The molecular weight excluding hydrogens is 256 g/mol. The smallest absolute Gasteiger partial charge is 0.246 e. The number of carbonyl (C=O) groups excluding carboxylic acids is 2. The van der Waals surface area contributed by atoms with Gasteiger partial charge in [-0.15, -0.1) is 0 Å². The Morgan fingerprint density at radius 1 is 1.25 bits per heavy atom. The zero-order chi connectivity index (χ0) is 15.3. The van der Waals surface area contributed by atoms with Gasteiger partial charge in [-0.05, 0) is 18.8 Å². The van der Waals surface area contributed by atoms with E-state index in [2.05, 4.69) is 12.2 Å². The highest BCUT2D eigenvalue weighted by atomic mass is 16.5. The summed E-state index contributed by atoms with van der Waals surface area (Å²) in [6, 6.07) is -0.877. The normalized spacial score (nSPS) is 23.9. The lowest BCUT2D eigenvalue weighted by atomic mass is 9.84. The van der Waals surface area contributed by atoms with Crippen LogP contribution in [0, 0.1) is 5.41 Å². The Labute approximate surface area is 122 Å². The highest BCUT2D eigenvalue weighted by molar-refractivity contribution is 5.97. The molecule has 0 saturated carbocycles. The molecule has 1 rings (SSSR count). The molecule has 1 fully saturated rings. The van der Waals surface area contributed by atoms with Crippen molar-refractivity contribution in [2.75, 3.05) is 19.8 Å². The highest BCUT2D eigenvalue weighted by Crippen LogP contribution is 2.24. The predicted octanol–water partition coefficient (Wildman–Crippen LogP) is 1.56. The lowest BCUT2D eigenvalue weighted by Gasteiger charge is -2.42. The van der Waals surface area contributed by atoms with E-state index in [1.165, 1.54) is 0 Å². The molecule has 0 aliphatic carbocycles. The van der Waals surface area contributed by atoms with Gasteiger partial charge in [-0.1, -0.05) is 34.1 Å². The van der Waals surface area contributed by atoms with E-state index in [-0.39, 0.29) is 17.2 Å². The Bertz CT molecular complexity index is 350. The fourth-order valence-electron chi connectivity index (χ4n) is 2.22. The molecule has 1 heterocycles. The first-order chi connectivity index (χ1) is 9.29. The molecule has 0 aromatic rings. The lowest BCUT2D eigenvalue weighted by Crippen LogP contribution is -2.66. The first-order valence-corrected chi connectivity index (χ1v) is 7.47. The highest BCUT2D eigenvalue weighted by Gasteiger charge is 2.43. The molecule has 5 heteroatoms. The van der Waals surface area contributed by atoms with Crippen molar-refractivity contribution in [2.24, 2.45) is 5.41 Å². The summed E-state index contributed by atoms with van der Waals surface area (Å²) in [6.07, 6.45) is 2.11. The van der Waals surface area contributed by atoms with Gasteiger partial charge in [-0.2, -0.15) is 0 Å². The minimum Gasteiger partial charge on any atom is -0.380 e. The first kappa shape index (κ1) is 17.0. The van der Waals surface area contributed by atoms with Crippen molar-refractivity contribution in [1.82, 2.24) is 10.2 Å². The first-order valence-electron chi connectivity index (χ1n) is 7.47. The van der Waals surface area contributed by atoms with Crippen molar-refractivity contribution in [1.29, 1.82) is 0 Å². The molecule has 2 unspecified atom stereocenters. The standard InChI is InChI=1S/C15H28N2O3/c1-6-7-9-20-10-8-17-11(2)13(18)16-12(14(17)19)15(3,4)5/h11-12H,6-10H2,1-5H3,(H,16,18). The van der Waals surface area contributed by atoms with E-state index in [1.54, 1.807) is 11.8 Å². The van der Waals surface area contributed by atoms with E-state index < -0.39 is 12.1 Å². The minimum atomic E-state index is -0.457. The van der Waals surface area contributed by atoms with Gasteiger partial charge >= 0.3 is 0 Å².